The summed E-state index contributed by atoms with van der Waals surface area (Å²) in [5, 5.41) is 3.81. The van der Waals surface area contributed by atoms with Crippen molar-refractivity contribution in [3.05, 3.63) is 41.3 Å². The van der Waals surface area contributed by atoms with Crippen LogP contribution in [0.25, 0.3) is 0 Å². The Morgan fingerprint density at radius 3 is 2.50 bits per heavy atom. The van der Waals surface area contributed by atoms with E-state index >= 15 is 0 Å². The molecule has 0 amide bonds. The third kappa shape index (κ3) is 4.13. The van der Waals surface area contributed by atoms with Gasteiger partial charge in [0.1, 0.15) is 16.3 Å². The van der Waals surface area contributed by atoms with Gasteiger partial charge in [-0.2, -0.15) is 4.31 Å². The van der Waals surface area contributed by atoms with E-state index in [1.807, 2.05) is 12.1 Å². The number of sulfonamides is 1. The molecule has 0 N–H and O–H groups in total. The Morgan fingerprint density at radius 1 is 1.20 bits per heavy atom. The van der Waals surface area contributed by atoms with E-state index in [9.17, 15) is 8.42 Å². The lowest BCUT2D eigenvalue weighted by atomic mass is 9.78. The molecule has 2 aromatic rings. The standard InChI is InChI=1S/C22H30N2O5S/c1-16-21(17(2)29-23-16)30(25,26)24-11-9-22(10-12-24)15-19(8-13-28-22)14-18-4-6-20(27-3)7-5-18/h4-7,19H,8-15H2,1-3H3. The second-order valence-corrected chi connectivity index (χ2v) is 10.4. The van der Waals surface area contributed by atoms with E-state index in [1.165, 1.54) is 5.56 Å². The molecule has 30 heavy (non-hydrogen) atoms. The highest BCUT2D eigenvalue weighted by Crippen LogP contribution is 2.40. The molecular weight excluding hydrogens is 404 g/mol. The molecule has 164 valence electrons. The zero-order valence-electron chi connectivity index (χ0n) is 17.9. The smallest absolute Gasteiger partial charge is 0.248 e. The minimum atomic E-state index is -3.59. The van der Waals surface area contributed by atoms with E-state index in [0.29, 0.717) is 43.3 Å². The lowest BCUT2D eigenvalue weighted by Crippen LogP contribution is -2.51. The van der Waals surface area contributed by atoms with Crippen LogP contribution in [0.2, 0.25) is 0 Å². The second kappa shape index (κ2) is 8.32. The highest BCUT2D eigenvalue weighted by Gasteiger charge is 2.43. The first-order chi connectivity index (χ1) is 14.3. The maximum atomic E-state index is 13.1. The van der Waals surface area contributed by atoms with Crippen LogP contribution in [0.15, 0.2) is 33.7 Å². The van der Waals surface area contributed by atoms with Gasteiger partial charge in [-0.15, -0.1) is 0 Å². The summed E-state index contributed by atoms with van der Waals surface area (Å²) in [5.74, 6) is 1.76. The van der Waals surface area contributed by atoms with Crippen molar-refractivity contribution in [2.75, 3.05) is 26.8 Å². The average molecular weight is 435 g/mol. The molecule has 1 unspecified atom stereocenters. The molecule has 1 atom stereocenters. The predicted octanol–water partition coefficient (Wildman–Crippen LogP) is 3.49. The van der Waals surface area contributed by atoms with Gasteiger partial charge in [0.15, 0.2) is 5.76 Å². The SMILES string of the molecule is COc1ccc(CC2CCOC3(CCN(S(=O)(=O)c4c(C)noc4C)CC3)C2)cc1. The van der Waals surface area contributed by atoms with Crippen molar-refractivity contribution in [1.29, 1.82) is 0 Å². The van der Waals surface area contributed by atoms with Gasteiger partial charge < -0.3 is 14.0 Å². The molecule has 7 nitrogen and oxygen atoms in total. The minimum Gasteiger partial charge on any atom is -0.497 e. The van der Waals surface area contributed by atoms with Gasteiger partial charge in [-0.3, -0.25) is 0 Å². The fourth-order valence-corrected chi connectivity index (χ4v) is 6.59. The van der Waals surface area contributed by atoms with Crippen LogP contribution in [0, 0.1) is 19.8 Å². The first-order valence-corrected chi connectivity index (χ1v) is 12.0. The number of hydrogen-bond donors (Lipinski definition) is 0. The number of nitrogens with zero attached hydrogens (tertiary/aromatic N) is 2. The minimum absolute atomic E-state index is 0.209. The maximum absolute atomic E-state index is 13.1. The Morgan fingerprint density at radius 2 is 1.90 bits per heavy atom. The van der Waals surface area contributed by atoms with Gasteiger partial charge in [-0.05, 0) is 69.6 Å². The molecule has 8 heteroatoms. The fraction of sp³-hybridized carbons (Fsp3) is 0.591. The van der Waals surface area contributed by atoms with Gasteiger partial charge in [0.05, 0.1) is 12.7 Å². The molecule has 0 radical (unpaired) electrons. The van der Waals surface area contributed by atoms with Crippen LogP contribution in [-0.2, 0) is 21.2 Å². The summed E-state index contributed by atoms with van der Waals surface area (Å²) in [6.45, 7) is 4.97. The molecule has 2 fully saturated rings. The zero-order valence-corrected chi connectivity index (χ0v) is 18.7. The first kappa shape index (κ1) is 21.3. The Hall–Kier alpha value is -1.90. The largest absolute Gasteiger partial charge is 0.497 e. The van der Waals surface area contributed by atoms with E-state index in [2.05, 4.69) is 17.3 Å². The van der Waals surface area contributed by atoms with E-state index in [1.54, 1.807) is 25.3 Å². The number of hydrogen-bond acceptors (Lipinski definition) is 6. The molecule has 1 aromatic carbocycles. The summed E-state index contributed by atoms with van der Waals surface area (Å²) < 4.78 is 44.3. The highest BCUT2D eigenvalue weighted by atomic mass is 32.2. The van der Waals surface area contributed by atoms with Crippen LogP contribution in [0.5, 0.6) is 5.75 Å². The first-order valence-electron chi connectivity index (χ1n) is 10.5. The molecular formula is C22H30N2O5S. The van der Waals surface area contributed by atoms with Crippen molar-refractivity contribution in [2.24, 2.45) is 5.92 Å². The molecule has 2 aliphatic rings. The Balaban J connectivity index is 1.40. The average Bonchev–Trinajstić information content (AvgIpc) is 3.08. The molecule has 1 aromatic heterocycles. The third-order valence-electron chi connectivity index (χ3n) is 6.48. The molecule has 4 rings (SSSR count). The monoisotopic (exact) mass is 434 g/mol. The summed E-state index contributed by atoms with van der Waals surface area (Å²) in [6.07, 6.45) is 4.45. The summed E-state index contributed by atoms with van der Waals surface area (Å²) in [7, 11) is -1.92. The van der Waals surface area contributed by atoms with Gasteiger partial charge >= 0.3 is 0 Å². The number of benzene rings is 1. The number of piperidine rings is 1. The number of aromatic nitrogens is 1. The van der Waals surface area contributed by atoms with E-state index in [-0.39, 0.29) is 10.5 Å². The molecule has 2 aliphatic heterocycles. The van der Waals surface area contributed by atoms with E-state index in [0.717, 1.165) is 31.6 Å². The summed E-state index contributed by atoms with van der Waals surface area (Å²) in [6, 6.07) is 8.25. The van der Waals surface area contributed by atoms with Gasteiger partial charge in [0.25, 0.3) is 0 Å². The van der Waals surface area contributed by atoms with Crippen LogP contribution in [0.4, 0.5) is 0 Å². The van der Waals surface area contributed by atoms with Gasteiger partial charge in [-0.1, -0.05) is 17.3 Å². The highest BCUT2D eigenvalue weighted by molar-refractivity contribution is 7.89. The van der Waals surface area contributed by atoms with Gasteiger partial charge in [0.2, 0.25) is 10.0 Å². The summed E-state index contributed by atoms with van der Waals surface area (Å²) in [5.41, 5.74) is 1.50. The fourth-order valence-electron chi connectivity index (χ4n) is 4.85. The molecule has 3 heterocycles. The molecule has 0 bridgehead atoms. The van der Waals surface area contributed by atoms with Crippen LogP contribution in [-0.4, -0.2) is 50.3 Å². The number of ether oxygens (including phenoxy) is 2. The molecule has 2 saturated heterocycles. The van der Waals surface area contributed by atoms with Crippen LogP contribution in [0.3, 0.4) is 0 Å². The quantitative estimate of drug-likeness (QED) is 0.716. The van der Waals surface area contributed by atoms with Crippen molar-refractivity contribution in [3.63, 3.8) is 0 Å². The second-order valence-electron chi connectivity index (χ2n) is 8.50. The van der Waals surface area contributed by atoms with Crippen LogP contribution >= 0.6 is 0 Å². The zero-order chi connectivity index (χ0) is 21.4. The molecule has 0 aliphatic carbocycles. The van der Waals surface area contributed by atoms with Crippen LogP contribution in [0.1, 0.15) is 42.7 Å². The lowest BCUT2D eigenvalue weighted by Gasteiger charge is -2.46. The van der Waals surface area contributed by atoms with E-state index in [4.69, 9.17) is 14.0 Å². The summed E-state index contributed by atoms with van der Waals surface area (Å²) in [4.78, 5) is 0.209. The van der Waals surface area contributed by atoms with Gasteiger partial charge in [-0.25, -0.2) is 8.42 Å². The van der Waals surface area contributed by atoms with Crippen molar-refractivity contribution in [3.8, 4) is 5.75 Å². The van der Waals surface area contributed by atoms with Crippen LogP contribution < -0.4 is 4.74 Å². The number of methoxy groups -OCH3 is 1. The van der Waals surface area contributed by atoms with Crippen molar-refractivity contribution in [1.82, 2.24) is 9.46 Å². The van der Waals surface area contributed by atoms with Crippen molar-refractivity contribution >= 4 is 10.0 Å². The number of aryl methyl sites for hydroxylation is 2. The van der Waals surface area contributed by atoms with Gasteiger partial charge in [0, 0.05) is 19.7 Å². The maximum Gasteiger partial charge on any atom is 0.248 e. The lowest BCUT2D eigenvalue weighted by molar-refractivity contribution is -0.120. The topological polar surface area (TPSA) is 81.9 Å². The molecule has 1 spiro atoms. The van der Waals surface area contributed by atoms with Crippen molar-refractivity contribution in [2.45, 2.75) is 56.4 Å². The third-order valence-corrected chi connectivity index (χ3v) is 8.62. The summed E-state index contributed by atoms with van der Waals surface area (Å²) >= 11 is 0. The molecule has 0 saturated carbocycles. The predicted molar refractivity (Wildman–Crippen MR) is 112 cm³/mol. The Labute approximate surface area is 178 Å². The Kier molecular flexibility index (Phi) is 5.92. The normalized spacial score (nSPS) is 22.3. The van der Waals surface area contributed by atoms with Crippen molar-refractivity contribution < 1.29 is 22.4 Å². The Bertz CT molecular complexity index is 956. The van der Waals surface area contributed by atoms with E-state index < -0.39 is 10.0 Å². The number of rotatable bonds is 5.